The molecular formula is C22H24F2O3. The van der Waals surface area contributed by atoms with Gasteiger partial charge in [-0.2, -0.15) is 0 Å². The highest BCUT2D eigenvalue weighted by Gasteiger charge is 2.32. The van der Waals surface area contributed by atoms with Crippen LogP contribution in [0.2, 0.25) is 0 Å². The molecule has 2 aromatic rings. The Morgan fingerprint density at radius 2 is 1.96 bits per heavy atom. The van der Waals surface area contributed by atoms with Crippen molar-refractivity contribution in [3.8, 4) is 5.75 Å². The molecule has 3 nitrogen and oxygen atoms in total. The summed E-state index contributed by atoms with van der Waals surface area (Å²) >= 11 is 0. The number of benzene rings is 2. The van der Waals surface area contributed by atoms with E-state index in [1.54, 1.807) is 0 Å². The van der Waals surface area contributed by atoms with Crippen LogP contribution in [-0.2, 0) is 22.6 Å². The third-order valence-corrected chi connectivity index (χ3v) is 5.26. The molecule has 2 aromatic carbocycles. The summed E-state index contributed by atoms with van der Waals surface area (Å²) in [7, 11) is 0. The van der Waals surface area contributed by atoms with Crippen LogP contribution in [0, 0.1) is 31.4 Å². The minimum Gasteiger partial charge on any atom is -0.489 e. The van der Waals surface area contributed by atoms with Gasteiger partial charge in [0.15, 0.2) is 0 Å². The molecule has 0 aliphatic heterocycles. The van der Waals surface area contributed by atoms with Crippen LogP contribution in [0.15, 0.2) is 24.3 Å². The van der Waals surface area contributed by atoms with Gasteiger partial charge in [-0.25, -0.2) is 8.78 Å². The molecule has 27 heavy (non-hydrogen) atoms. The van der Waals surface area contributed by atoms with Gasteiger partial charge in [0.25, 0.3) is 0 Å². The van der Waals surface area contributed by atoms with Crippen LogP contribution < -0.4 is 4.74 Å². The second kappa shape index (κ2) is 7.67. The lowest BCUT2D eigenvalue weighted by Gasteiger charge is -2.33. The second-order valence-electron chi connectivity index (χ2n) is 7.28. The Hall–Kier alpha value is -2.43. The molecule has 2 atom stereocenters. The highest BCUT2D eigenvalue weighted by atomic mass is 19.1. The zero-order valence-electron chi connectivity index (χ0n) is 16.1. The largest absolute Gasteiger partial charge is 0.489 e. The summed E-state index contributed by atoms with van der Waals surface area (Å²) in [5, 5.41) is 0. The highest BCUT2D eigenvalue weighted by Crippen LogP contribution is 2.43. The first-order valence-corrected chi connectivity index (χ1v) is 9.14. The molecule has 0 saturated heterocycles. The van der Waals surface area contributed by atoms with Gasteiger partial charge in [-0.05, 0) is 67.5 Å². The Morgan fingerprint density at radius 3 is 2.63 bits per heavy atom. The average molecular weight is 374 g/mol. The number of ether oxygens (including phenoxy) is 2. The maximum atomic E-state index is 13.9. The minimum absolute atomic E-state index is 0.00103. The van der Waals surface area contributed by atoms with E-state index in [2.05, 4.69) is 6.92 Å². The SMILES string of the molecule is CC(=O)O[C@H]1c2c(C)c(OCc3ccc(F)cc3F)cc(C)c2CC[C@H]1C. The average Bonchev–Trinajstić information content (AvgIpc) is 2.59. The minimum atomic E-state index is -0.631. The van der Waals surface area contributed by atoms with Crippen LogP contribution in [0.1, 0.15) is 54.2 Å². The van der Waals surface area contributed by atoms with Crippen molar-refractivity contribution >= 4 is 5.97 Å². The molecule has 0 heterocycles. The van der Waals surface area contributed by atoms with Crippen molar-refractivity contribution in [1.82, 2.24) is 0 Å². The van der Waals surface area contributed by atoms with E-state index in [4.69, 9.17) is 9.47 Å². The second-order valence-corrected chi connectivity index (χ2v) is 7.28. The molecule has 1 aliphatic carbocycles. The van der Waals surface area contributed by atoms with Crippen LogP contribution >= 0.6 is 0 Å². The van der Waals surface area contributed by atoms with Crippen molar-refractivity contribution in [2.75, 3.05) is 0 Å². The van der Waals surface area contributed by atoms with Crippen molar-refractivity contribution in [2.24, 2.45) is 5.92 Å². The third kappa shape index (κ3) is 3.97. The summed E-state index contributed by atoms with van der Waals surface area (Å²) < 4.78 is 38.5. The van der Waals surface area contributed by atoms with Gasteiger partial charge in [0.05, 0.1) is 0 Å². The monoisotopic (exact) mass is 374 g/mol. The third-order valence-electron chi connectivity index (χ3n) is 5.26. The molecule has 0 saturated carbocycles. The number of hydrogen-bond acceptors (Lipinski definition) is 3. The molecule has 0 amide bonds. The standard InChI is InChI=1S/C22H24F2O3/c1-12-5-8-18-13(2)9-20(14(3)21(18)22(12)27-15(4)25)26-11-16-6-7-17(23)10-19(16)24/h6-7,9-10,12,22H,5,8,11H2,1-4H3/t12-,22-/m1/s1. The van der Waals surface area contributed by atoms with Crippen LogP contribution in [0.5, 0.6) is 5.75 Å². The van der Waals surface area contributed by atoms with Gasteiger partial charge in [0.1, 0.15) is 30.1 Å². The fourth-order valence-electron chi connectivity index (χ4n) is 3.79. The predicted octanol–water partition coefficient (Wildman–Crippen LogP) is 5.35. The van der Waals surface area contributed by atoms with E-state index in [0.717, 1.165) is 35.6 Å². The van der Waals surface area contributed by atoms with Gasteiger partial charge in [-0.15, -0.1) is 0 Å². The van der Waals surface area contributed by atoms with E-state index in [1.807, 2.05) is 19.9 Å². The molecule has 3 rings (SSSR count). The predicted molar refractivity (Wildman–Crippen MR) is 98.6 cm³/mol. The van der Waals surface area contributed by atoms with Crippen molar-refractivity contribution in [2.45, 2.75) is 53.2 Å². The number of rotatable bonds is 4. The van der Waals surface area contributed by atoms with Gasteiger partial charge >= 0.3 is 5.97 Å². The first kappa shape index (κ1) is 19.3. The molecule has 0 spiro atoms. The number of carbonyl (C=O) groups is 1. The van der Waals surface area contributed by atoms with Gasteiger partial charge in [-0.1, -0.05) is 6.92 Å². The Balaban J connectivity index is 1.94. The Kier molecular flexibility index (Phi) is 5.49. The molecule has 0 aromatic heterocycles. The fourth-order valence-corrected chi connectivity index (χ4v) is 3.79. The van der Waals surface area contributed by atoms with Crippen LogP contribution in [-0.4, -0.2) is 5.97 Å². The maximum Gasteiger partial charge on any atom is 0.303 e. The Labute approximate surface area is 158 Å². The molecule has 1 aliphatic rings. The maximum absolute atomic E-state index is 13.9. The summed E-state index contributed by atoms with van der Waals surface area (Å²) in [5.74, 6) is -0.717. The molecule has 144 valence electrons. The zero-order chi connectivity index (χ0) is 19.7. The molecule has 5 heteroatoms. The van der Waals surface area contributed by atoms with Gasteiger partial charge in [0.2, 0.25) is 0 Å². The first-order valence-electron chi connectivity index (χ1n) is 9.14. The van der Waals surface area contributed by atoms with Crippen LogP contribution in [0.3, 0.4) is 0 Å². The topological polar surface area (TPSA) is 35.5 Å². The Bertz CT molecular complexity index is 876. The van der Waals surface area contributed by atoms with E-state index in [9.17, 15) is 13.6 Å². The van der Waals surface area contributed by atoms with E-state index in [1.165, 1.54) is 24.6 Å². The van der Waals surface area contributed by atoms with Crippen molar-refractivity contribution in [1.29, 1.82) is 0 Å². The van der Waals surface area contributed by atoms with Crippen molar-refractivity contribution < 1.29 is 23.0 Å². The summed E-state index contributed by atoms with van der Waals surface area (Å²) in [5.41, 5.74) is 4.44. The smallest absolute Gasteiger partial charge is 0.303 e. The van der Waals surface area contributed by atoms with Gasteiger partial charge in [-0.3, -0.25) is 4.79 Å². The molecule has 0 N–H and O–H groups in total. The number of esters is 1. The molecule has 0 bridgehead atoms. The van der Waals surface area contributed by atoms with Gasteiger partial charge < -0.3 is 9.47 Å². The number of halogens is 2. The summed E-state index contributed by atoms with van der Waals surface area (Å²) in [6, 6.07) is 5.39. The number of aryl methyl sites for hydroxylation is 1. The lowest BCUT2D eigenvalue weighted by Crippen LogP contribution is -2.24. The van der Waals surface area contributed by atoms with Gasteiger partial charge in [0, 0.05) is 24.1 Å². The van der Waals surface area contributed by atoms with Crippen molar-refractivity contribution in [3.05, 3.63) is 63.7 Å². The fraction of sp³-hybridized carbons (Fsp3) is 0.409. The quantitative estimate of drug-likeness (QED) is 0.677. The van der Waals surface area contributed by atoms with E-state index in [-0.39, 0.29) is 30.2 Å². The summed E-state index contributed by atoms with van der Waals surface area (Å²) in [4.78, 5) is 11.6. The van der Waals surface area contributed by atoms with E-state index in [0.29, 0.717) is 5.75 Å². The summed E-state index contributed by atoms with van der Waals surface area (Å²) in [6.07, 6.45) is 1.57. The normalized spacial score (nSPS) is 18.7. The van der Waals surface area contributed by atoms with E-state index >= 15 is 0 Å². The Morgan fingerprint density at radius 1 is 1.22 bits per heavy atom. The molecule has 0 fully saturated rings. The first-order chi connectivity index (χ1) is 12.8. The van der Waals surface area contributed by atoms with E-state index < -0.39 is 11.6 Å². The molecular weight excluding hydrogens is 350 g/mol. The summed E-state index contributed by atoms with van der Waals surface area (Å²) in [6.45, 7) is 7.43. The molecule has 0 unspecified atom stereocenters. The van der Waals surface area contributed by atoms with Crippen LogP contribution in [0.25, 0.3) is 0 Å². The number of hydrogen-bond donors (Lipinski definition) is 0. The van der Waals surface area contributed by atoms with Crippen LogP contribution in [0.4, 0.5) is 8.78 Å². The number of carbonyl (C=O) groups excluding carboxylic acids is 1. The zero-order valence-corrected chi connectivity index (χ0v) is 16.1. The lowest BCUT2D eigenvalue weighted by atomic mass is 9.78. The highest BCUT2D eigenvalue weighted by molar-refractivity contribution is 5.67. The lowest BCUT2D eigenvalue weighted by molar-refractivity contribution is -0.149. The molecule has 0 radical (unpaired) electrons. The van der Waals surface area contributed by atoms with Crippen molar-refractivity contribution in [3.63, 3.8) is 0 Å². The number of fused-ring (bicyclic) bond motifs is 1.